The monoisotopic (exact) mass is 343 g/mol. The molecule has 0 fully saturated rings. The summed E-state index contributed by atoms with van der Waals surface area (Å²) in [6.45, 7) is 1.89. The van der Waals surface area contributed by atoms with Gasteiger partial charge in [0.1, 0.15) is 11.6 Å². The van der Waals surface area contributed by atoms with E-state index in [1.54, 1.807) is 6.07 Å². The van der Waals surface area contributed by atoms with Crippen LogP contribution in [0.1, 0.15) is 15.2 Å². The summed E-state index contributed by atoms with van der Waals surface area (Å²) < 4.78 is 19.5. The third-order valence-corrected chi connectivity index (χ3v) is 4.64. The van der Waals surface area contributed by atoms with E-state index >= 15 is 0 Å². The van der Waals surface area contributed by atoms with E-state index in [4.69, 9.17) is 4.74 Å². The van der Waals surface area contributed by atoms with Crippen LogP contribution < -0.4 is 10.1 Å². The molecule has 1 N–H and O–H groups in total. The van der Waals surface area contributed by atoms with E-state index in [1.807, 2.05) is 6.92 Å². The van der Waals surface area contributed by atoms with E-state index in [2.05, 4.69) is 21.2 Å². The second-order valence-electron chi connectivity index (χ2n) is 3.87. The third kappa shape index (κ3) is 3.13. The molecule has 1 amide bonds. The molecule has 19 heavy (non-hydrogen) atoms. The van der Waals surface area contributed by atoms with Gasteiger partial charge in [-0.15, -0.1) is 11.3 Å². The van der Waals surface area contributed by atoms with Gasteiger partial charge in [0.15, 0.2) is 0 Å². The fourth-order valence-electron chi connectivity index (χ4n) is 1.48. The molecule has 1 heterocycles. The molecule has 0 aliphatic rings. The molecule has 0 radical (unpaired) electrons. The van der Waals surface area contributed by atoms with Crippen LogP contribution >= 0.6 is 27.3 Å². The van der Waals surface area contributed by atoms with Crippen LogP contribution in [0.3, 0.4) is 0 Å². The summed E-state index contributed by atoms with van der Waals surface area (Å²) in [5.41, 5.74) is 1.08. The molecule has 0 saturated carbocycles. The highest BCUT2D eigenvalue weighted by Crippen LogP contribution is 2.28. The predicted molar refractivity (Wildman–Crippen MR) is 77.7 cm³/mol. The first-order chi connectivity index (χ1) is 9.01. The van der Waals surface area contributed by atoms with Gasteiger partial charge in [0.2, 0.25) is 0 Å². The van der Waals surface area contributed by atoms with Crippen LogP contribution in [0.25, 0.3) is 0 Å². The summed E-state index contributed by atoms with van der Waals surface area (Å²) >= 11 is 4.66. The number of carbonyl (C=O) groups excluding carboxylic acids is 1. The van der Waals surface area contributed by atoms with Gasteiger partial charge in [0, 0.05) is 6.07 Å². The molecule has 0 aliphatic heterocycles. The molecule has 0 spiro atoms. The van der Waals surface area contributed by atoms with Gasteiger partial charge in [0.25, 0.3) is 5.91 Å². The maximum absolute atomic E-state index is 13.6. The molecule has 100 valence electrons. The topological polar surface area (TPSA) is 38.3 Å². The Kier molecular flexibility index (Phi) is 4.21. The highest BCUT2D eigenvalue weighted by atomic mass is 79.9. The smallest absolute Gasteiger partial charge is 0.265 e. The van der Waals surface area contributed by atoms with Crippen molar-refractivity contribution in [3.8, 4) is 5.75 Å². The normalized spacial score (nSPS) is 10.3. The Bertz CT molecular complexity index is 608. The number of nitrogens with one attached hydrogen (secondary N) is 1. The number of hydrogen-bond donors (Lipinski definition) is 1. The number of thiophene rings is 1. The van der Waals surface area contributed by atoms with E-state index in [0.717, 1.165) is 9.35 Å². The van der Waals surface area contributed by atoms with Crippen LogP contribution in [0.5, 0.6) is 5.75 Å². The van der Waals surface area contributed by atoms with Crippen molar-refractivity contribution in [3.05, 3.63) is 44.3 Å². The molecule has 2 rings (SSSR count). The van der Waals surface area contributed by atoms with Crippen LogP contribution in [0.4, 0.5) is 10.1 Å². The lowest BCUT2D eigenvalue weighted by Crippen LogP contribution is -2.11. The first kappa shape index (κ1) is 14.0. The van der Waals surface area contributed by atoms with Crippen LogP contribution in [-0.4, -0.2) is 13.0 Å². The van der Waals surface area contributed by atoms with Crippen molar-refractivity contribution in [3.63, 3.8) is 0 Å². The van der Waals surface area contributed by atoms with E-state index in [0.29, 0.717) is 10.6 Å². The van der Waals surface area contributed by atoms with Crippen LogP contribution in [0, 0.1) is 12.7 Å². The molecule has 1 aromatic carbocycles. The number of rotatable bonds is 3. The molecule has 3 nitrogen and oxygen atoms in total. The maximum atomic E-state index is 13.6. The first-order valence-corrected chi connectivity index (χ1v) is 7.03. The Morgan fingerprint density at radius 3 is 2.74 bits per heavy atom. The summed E-state index contributed by atoms with van der Waals surface area (Å²) in [5, 5.41) is 2.54. The van der Waals surface area contributed by atoms with E-state index < -0.39 is 5.82 Å². The van der Waals surface area contributed by atoms with Gasteiger partial charge in [-0.1, -0.05) is 0 Å². The third-order valence-electron chi connectivity index (χ3n) is 2.50. The number of hydrogen-bond acceptors (Lipinski definition) is 3. The van der Waals surface area contributed by atoms with Crippen molar-refractivity contribution in [2.45, 2.75) is 6.92 Å². The molecular formula is C13H11BrFNO2S. The van der Waals surface area contributed by atoms with Crippen molar-refractivity contribution in [2.75, 3.05) is 12.4 Å². The van der Waals surface area contributed by atoms with Crippen molar-refractivity contribution in [1.29, 1.82) is 0 Å². The van der Waals surface area contributed by atoms with Crippen LogP contribution in [0.2, 0.25) is 0 Å². The van der Waals surface area contributed by atoms with E-state index in [1.165, 1.54) is 36.6 Å². The Labute approximate surface area is 122 Å². The fourth-order valence-corrected chi connectivity index (χ4v) is 2.91. The van der Waals surface area contributed by atoms with Crippen molar-refractivity contribution < 1.29 is 13.9 Å². The van der Waals surface area contributed by atoms with Gasteiger partial charge in [-0.05, 0) is 46.6 Å². The average molecular weight is 344 g/mol. The average Bonchev–Trinajstić information content (AvgIpc) is 2.72. The summed E-state index contributed by atoms with van der Waals surface area (Å²) in [6.07, 6.45) is 0. The second kappa shape index (κ2) is 5.71. The molecule has 2 aromatic rings. The highest BCUT2D eigenvalue weighted by Gasteiger charge is 2.13. The number of ether oxygens (including phenoxy) is 1. The molecule has 0 unspecified atom stereocenters. The predicted octanol–water partition coefficient (Wildman–Crippen LogP) is 4.22. The summed E-state index contributed by atoms with van der Waals surface area (Å²) in [7, 11) is 1.48. The maximum Gasteiger partial charge on any atom is 0.265 e. The van der Waals surface area contributed by atoms with Crippen molar-refractivity contribution in [2.24, 2.45) is 0 Å². The van der Waals surface area contributed by atoms with Crippen molar-refractivity contribution >= 4 is 38.9 Å². The molecule has 1 aromatic heterocycles. The lowest BCUT2D eigenvalue weighted by molar-refractivity contribution is 0.103. The van der Waals surface area contributed by atoms with Gasteiger partial charge in [0.05, 0.1) is 21.5 Å². The Balaban J connectivity index is 2.23. The summed E-state index contributed by atoms with van der Waals surface area (Å²) in [5.74, 6) is -0.354. The lowest BCUT2D eigenvalue weighted by Gasteiger charge is -2.07. The minimum Gasteiger partial charge on any atom is -0.497 e. The fraction of sp³-hybridized carbons (Fsp3) is 0.154. The largest absolute Gasteiger partial charge is 0.497 e. The van der Waals surface area contributed by atoms with Crippen LogP contribution in [0.15, 0.2) is 28.1 Å². The minimum atomic E-state index is -0.499. The molecule has 0 bridgehead atoms. The number of halogens is 2. The number of benzene rings is 1. The number of methoxy groups -OCH3 is 1. The first-order valence-electron chi connectivity index (χ1n) is 5.42. The van der Waals surface area contributed by atoms with Crippen LogP contribution in [-0.2, 0) is 0 Å². The van der Waals surface area contributed by atoms with Gasteiger partial charge in [-0.25, -0.2) is 4.39 Å². The highest BCUT2D eigenvalue weighted by molar-refractivity contribution is 9.11. The standard InChI is InChI=1S/C13H11BrFNO2S/c1-7-5-11(19-12(7)14)13(17)16-10-6-8(18-2)3-4-9(10)15/h3-6H,1-2H3,(H,16,17). The molecule has 0 atom stereocenters. The van der Waals surface area contributed by atoms with Gasteiger partial charge >= 0.3 is 0 Å². The Hall–Kier alpha value is -1.40. The van der Waals surface area contributed by atoms with E-state index in [9.17, 15) is 9.18 Å². The number of aryl methyl sites for hydroxylation is 1. The zero-order chi connectivity index (χ0) is 14.0. The summed E-state index contributed by atoms with van der Waals surface area (Å²) in [4.78, 5) is 12.5. The zero-order valence-corrected chi connectivity index (χ0v) is 12.7. The molecule has 6 heteroatoms. The molecule has 0 saturated heterocycles. The Morgan fingerprint density at radius 1 is 1.42 bits per heavy atom. The number of anilines is 1. The summed E-state index contributed by atoms with van der Waals surface area (Å²) in [6, 6.07) is 5.95. The number of amides is 1. The SMILES string of the molecule is COc1ccc(F)c(NC(=O)c2cc(C)c(Br)s2)c1. The minimum absolute atomic E-state index is 0.103. The second-order valence-corrected chi connectivity index (χ2v) is 6.24. The number of carbonyl (C=O) groups is 1. The van der Waals surface area contributed by atoms with Gasteiger partial charge in [-0.2, -0.15) is 0 Å². The quantitative estimate of drug-likeness (QED) is 0.905. The molecule has 0 aliphatic carbocycles. The van der Waals surface area contributed by atoms with Gasteiger partial charge < -0.3 is 10.1 Å². The van der Waals surface area contributed by atoms with Crippen molar-refractivity contribution in [1.82, 2.24) is 0 Å². The van der Waals surface area contributed by atoms with E-state index in [-0.39, 0.29) is 11.6 Å². The molecular weight excluding hydrogens is 333 g/mol. The van der Waals surface area contributed by atoms with Gasteiger partial charge in [-0.3, -0.25) is 4.79 Å². The zero-order valence-electron chi connectivity index (χ0n) is 10.3. The Morgan fingerprint density at radius 2 is 2.16 bits per heavy atom. The lowest BCUT2D eigenvalue weighted by atomic mass is 10.2.